The van der Waals surface area contributed by atoms with Crippen molar-refractivity contribution in [1.82, 2.24) is 0 Å². The van der Waals surface area contributed by atoms with E-state index in [4.69, 9.17) is 17.3 Å². The third-order valence-electron chi connectivity index (χ3n) is 2.44. The molecule has 0 aromatic heterocycles. The summed E-state index contributed by atoms with van der Waals surface area (Å²) in [7, 11) is -3.32. The lowest BCUT2D eigenvalue weighted by atomic mass is 10.0. The molecule has 86 valence electrons. The molecule has 1 atom stereocenters. The van der Waals surface area contributed by atoms with Crippen molar-refractivity contribution in [3.63, 3.8) is 0 Å². The predicted molar refractivity (Wildman–Crippen MR) is 64.9 cm³/mol. The molecule has 0 saturated carbocycles. The summed E-state index contributed by atoms with van der Waals surface area (Å²) in [6.45, 7) is 1.84. The highest BCUT2D eigenvalue weighted by molar-refractivity contribution is 7.95. The fourth-order valence-corrected chi connectivity index (χ4v) is 3.72. The molecule has 1 aliphatic rings. The third-order valence-corrected chi connectivity index (χ3v) is 4.31. The first-order valence-electron chi connectivity index (χ1n) is 4.92. The minimum absolute atomic E-state index is 0.0938. The first-order valence-corrected chi connectivity index (χ1v) is 6.84. The van der Waals surface area contributed by atoms with E-state index in [-0.39, 0.29) is 10.9 Å². The monoisotopic (exact) mass is 257 g/mol. The van der Waals surface area contributed by atoms with Gasteiger partial charge in [-0.2, -0.15) is 0 Å². The van der Waals surface area contributed by atoms with Gasteiger partial charge >= 0.3 is 0 Å². The molecule has 2 N–H and O–H groups in total. The zero-order chi connectivity index (χ0) is 11.9. The molecule has 2 rings (SSSR count). The second-order valence-electron chi connectivity index (χ2n) is 3.98. The largest absolute Gasteiger partial charge is 0.328 e. The van der Waals surface area contributed by atoms with E-state index in [0.717, 1.165) is 0 Å². The average Bonchev–Trinajstić information content (AvgIpc) is 2.38. The van der Waals surface area contributed by atoms with Gasteiger partial charge in [0.25, 0.3) is 0 Å². The number of sulfone groups is 1. The van der Waals surface area contributed by atoms with E-state index in [9.17, 15) is 8.42 Å². The van der Waals surface area contributed by atoms with E-state index in [1.807, 2.05) is 6.92 Å². The van der Waals surface area contributed by atoms with E-state index in [2.05, 4.69) is 0 Å². The summed E-state index contributed by atoms with van der Waals surface area (Å²) in [5.41, 5.74) is 7.01. The highest BCUT2D eigenvalue weighted by Gasteiger charge is 2.28. The van der Waals surface area contributed by atoms with Gasteiger partial charge in [-0.1, -0.05) is 17.7 Å². The summed E-state index contributed by atoms with van der Waals surface area (Å²) in [6, 6.07) is 4.81. The summed E-state index contributed by atoms with van der Waals surface area (Å²) >= 11 is 6.03. The maximum absolute atomic E-state index is 11.8. The van der Waals surface area contributed by atoms with Crippen molar-refractivity contribution in [2.24, 2.45) is 5.73 Å². The molecular formula is C11H12ClNO2S. The molecule has 0 amide bonds. The van der Waals surface area contributed by atoms with Crippen LogP contribution in [0.3, 0.4) is 0 Å². The van der Waals surface area contributed by atoms with E-state index in [0.29, 0.717) is 22.6 Å². The summed E-state index contributed by atoms with van der Waals surface area (Å²) in [6.07, 6.45) is 0.510. The number of hydrogen-bond acceptors (Lipinski definition) is 3. The fraction of sp³-hybridized carbons (Fsp3) is 0.273. The summed E-state index contributed by atoms with van der Waals surface area (Å²) < 4.78 is 23.6. The average molecular weight is 258 g/mol. The maximum atomic E-state index is 11.8. The van der Waals surface area contributed by atoms with Crippen LogP contribution in [0, 0.1) is 0 Å². The SMILES string of the molecule is CC(N)CC1=CS(=O)(=O)c2cccc(Cl)c21. The molecule has 0 aliphatic carbocycles. The summed E-state index contributed by atoms with van der Waals surface area (Å²) in [4.78, 5) is 0.288. The molecule has 0 radical (unpaired) electrons. The van der Waals surface area contributed by atoms with Crippen molar-refractivity contribution >= 4 is 27.0 Å². The van der Waals surface area contributed by atoms with Crippen LogP contribution >= 0.6 is 11.6 Å². The second kappa shape index (κ2) is 3.87. The number of halogens is 1. The lowest BCUT2D eigenvalue weighted by molar-refractivity contribution is 0.605. The van der Waals surface area contributed by atoms with Crippen molar-refractivity contribution in [1.29, 1.82) is 0 Å². The van der Waals surface area contributed by atoms with Gasteiger partial charge < -0.3 is 5.73 Å². The Morgan fingerprint density at radius 3 is 2.75 bits per heavy atom. The molecule has 3 nitrogen and oxygen atoms in total. The van der Waals surface area contributed by atoms with Gasteiger partial charge in [-0.15, -0.1) is 0 Å². The van der Waals surface area contributed by atoms with Gasteiger partial charge in [-0.3, -0.25) is 0 Å². The molecule has 1 unspecified atom stereocenters. The van der Waals surface area contributed by atoms with Gasteiger partial charge in [-0.05, 0) is 31.1 Å². The first-order chi connectivity index (χ1) is 7.42. The smallest absolute Gasteiger partial charge is 0.200 e. The Balaban J connectivity index is 2.62. The van der Waals surface area contributed by atoms with Crippen molar-refractivity contribution in [2.45, 2.75) is 24.3 Å². The molecule has 0 spiro atoms. The Hall–Kier alpha value is -0.840. The van der Waals surface area contributed by atoms with Crippen molar-refractivity contribution < 1.29 is 8.42 Å². The van der Waals surface area contributed by atoms with Gasteiger partial charge in [-0.25, -0.2) is 8.42 Å². The van der Waals surface area contributed by atoms with E-state index in [1.54, 1.807) is 18.2 Å². The Labute approximate surface area is 99.8 Å². The van der Waals surface area contributed by atoms with Crippen LogP contribution in [0.5, 0.6) is 0 Å². The Kier molecular flexibility index (Phi) is 2.82. The van der Waals surface area contributed by atoms with Gasteiger partial charge in [0.2, 0.25) is 9.84 Å². The quantitative estimate of drug-likeness (QED) is 0.884. The fourth-order valence-electron chi connectivity index (χ4n) is 1.86. The Bertz CT molecular complexity index is 561. The lowest BCUT2D eigenvalue weighted by Gasteiger charge is -2.08. The van der Waals surface area contributed by atoms with Crippen LogP contribution in [0.2, 0.25) is 5.02 Å². The number of nitrogens with two attached hydrogens (primary N) is 1. The van der Waals surface area contributed by atoms with Crippen LogP contribution in [0.25, 0.3) is 5.57 Å². The summed E-state index contributed by atoms with van der Waals surface area (Å²) in [5, 5.41) is 1.73. The molecule has 0 saturated heterocycles. The van der Waals surface area contributed by atoms with Gasteiger partial charge in [0.05, 0.1) is 4.90 Å². The van der Waals surface area contributed by atoms with Gasteiger partial charge in [0.1, 0.15) is 0 Å². The van der Waals surface area contributed by atoms with Crippen LogP contribution in [-0.2, 0) is 9.84 Å². The molecule has 1 aromatic rings. The molecule has 5 heteroatoms. The standard InChI is InChI=1S/C11H12ClNO2S/c1-7(13)5-8-6-16(14,15)10-4-2-3-9(12)11(8)10/h2-4,6-7H,5,13H2,1H3. The molecule has 1 heterocycles. The summed E-state index contributed by atoms with van der Waals surface area (Å²) in [5.74, 6) is 0. The molecule has 1 aromatic carbocycles. The predicted octanol–water partition coefficient (Wildman–Crippen LogP) is 2.21. The minimum atomic E-state index is -3.32. The van der Waals surface area contributed by atoms with Crippen molar-refractivity contribution in [2.75, 3.05) is 0 Å². The number of benzene rings is 1. The van der Waals surface area contributed by atoms with Crippen LogP contribution in [0.4, 0.5) is 0 Å². The number of rotatable bonds is 2. The molecule has 16 heavy (non-hydrogen) atoms. The van der Waals surface area contributed by atoms with Crippen LogP contribution in [0.15, 0.2) is 28.5 Å². The first kappa shape index (κ1) is 11.6. The normalized spacial score (nSPS) is 19.1. The van der Waals surface area contributed by atoms with E-state index in [1.165, 1.54) is 5.41 Å². The van der Waals surface area contributed by atoms with E-state index >= 15 is 0 Å². The highest BCUT2D eigenvalue weighted by Crippen LogP contribution is 2.39. The molecule has 1 aliphatic heterocycles. The lowest BCUT2D eigenvalue weighted by Crippen LogP contribution is -2.14. The zero-order valence-electron chi connectivity index (χ0n) is 8.77. The topological polar surface area (TPSA) is 60.2 Å². The number of fused-ring (bicyclic) bond motifs is 1. The van der Waals surface area contributed by atoms with Crippen LogP contribution in [0.1, 0.15) is 18.9 Å². The zero-order valence-corrected chi connectivity index (χ0v) is 10.3. The minimum Gasteiger partial charge on any atom is -0.328 e. The molecule has 0 bridgehead atoms. The highest BCUT2D eigenvalue weighted by atomic mass is 35.5. The second-order valence-corrected chi connectivity index (χ2v) is 6.16. The van der Waals surface area contributed by atoms with Gasteiger partial charge in [0, 0.05) is 22.0 Å². The van der Waals surface area contributed by atoms with Crippen molar-refractivity contribution in [3.05, 3.63) is 34.2 Å². The van der Waals surface area contributed by atoms with Crippen molar-refractivity contribution in [3.8, 4) is 0 Å². The van der Waals surface area contributed by atoms with Gasteiger partial charge in [0.15, 0.2) is 0 Å². The number of hydrogen-bond donors (Lipinski definition) is 1. The van der Waals surface area contributed by atoms with Crippen LogP contribution in [-0.4, -0.2) is 14.5 Å². The Morgan fingerprint density at radius 2 is 2.12 bits per heavy atom. The molecule has 0 fully saturated rings. The third kappa shape index (κ3) is 1.88. The molecular weight excluding hydrogens is 246 g/mol. The maximum Gasteiger partial charge on any atom is 0.200 e. The van der Waals surface area contributed by atoms with E-state index < -0.39 is 9.84 Å². The Morgan fingerprint density at radius 1 is 1.44 bits per heavy atom. The van der Waals surface area contributed by atoms with Crippen LogP contribution < -0.4 is 5.73 Å².